The van der Waals surface area contributed by atoms with Gasteiger partial charge in [-0.05, 0) is 69.6 Å². The molecule has 0 unspecified atom stereocenters. The van der Waals surface area contributed by atoms with Crippen molar-refractivity contribution in [3.63, 3.8) is 0 Å². The van der Waals surface area contributed by atoms with E-state index in [1.54, 1.807) is 0 Å². The SMILES string of the molecule is c1ccc2cc(-c3nc(-n4c5ccccc5c5cc6ccccc6c(-c6ccc7oc8ccccc8c7c6)c54)nc4ccccc34)ccc2c1. The Hall–Kier alpha value is -6.78. The quantitative estimate of drug-likeness (QED) is 0.194. The maximum absolute atomic E-state index is 6.26. The molecule has 232 valence electrons. The molecule has 3 aromatic heterocycles. The Balaban J connectivity index is 1.28. The van der Waals surface area contributed by atoms with Gasteiger partial charge in [0.05, 0.1) is 22.2 Å². The maximum Gasteiger partial charge on any atom is 0.235 e. The van der Waals surface area contributed by atoms with Crippen LogP contribution in [0.1, 0.15) is 0 Å². The van der Waals surface area contributed by atoms with Crippen LogP contribution in [0, 0.1) is 0 Å². The Morgan fingerprint density at radius 3 is 2.00 bits per heavy atom. The van der Waals surface area contributed by atoms with Gasteiger partial charge in [0.25, 0.3) is 0 Å². The van der Waals surface area contributed by atoms with Crippen LogP contribution >= 0.6 is 0 Å². The molecule has 8 aromatic carbocycles. The van der Waals surface area contributed by atoms with E-state index in [0.717, 1.165) is 77.0 Å². The van der Waals surface area contributed by atoms with Gasteiger partial charge in [-0.2, -0.15) is 0 Å². The molecule has 0 aliphatic heterocycles. The number of hydrogen-bond acceptors (Lipinski definition) is 3. The van der Waals surface area contributed by atoms with Gasteiger partial charge in [0.15, 0.2) is 0 Å². The standard InChI is InChI=1S/C46H27N3O/c1-2-12-29-25-32(22-21-28(29)11-1)44-36-17-5-8-18-39(36)47-46(48-44)49-40-19-9-6-15-34(40)38-26-30-13-3-4-14-33(30)43(45(38)49)31-23-24-42-37(27-31)35-16-7-10-20-41(35)50-42/h1-27H. The lowest BCUT2D eigenvalue weighted by Crippen LogP contribution is -2.04. The second kappa shape index (κ2) is 10.4. The highest BCUT2D eigenvalue weighted by atomic mass is 16.3. The molecule has 50 heavy (non-hydrogen) atoms. The first-order chi connectivity index (χ1) is 24.8. The molecule has 0 aliphatic rings. The number of para-hydroxylation sites is 3. The van der Waals surface area contributed by atoms with Gasteiger partial charge < -0.3 is 4.42 Å². The Morgan fingerprint density at radius 2 is 1.10 bits per heavy atom. The molecule has 3 heterocycles. The predicted molar refractivity (Wildman–Crippen MR) is 207 cm³/mol. The molecule has 0 N–H and O–H groups in total. The summed E-state index contributed by atoms with van der Waals surface area (Å²) in [4.78, 5) is 10.8. The van der Waals surface area contributed by atoms with Crippen molar-refractivity contribution in [3.8, 4) is 28.3 Å². The summed E-state index contributed by atoms with van der Waals surface area (Å²) in [5, 5.41) is 10.3. The van der Waals surface area contributed by atoms with Gasteiger partial charge in [-0.15, -0.1) is 0 Å². The van der Waals surface area contributed by atoms with Gasteiger partial charge in [0.2, 0.25) is 5.95 Å². The first-order valence-corrected chi connectivity index (χ1v) is 16.9. The molecular weight excluding hydrogens is 611 g/mol. The summed E-state index contributed by atoms with van der Waals surface area (Å²) >= 11 is 0. The van der Waals surface area contributed by atoms with Crippen molar-refractivity contribution in [3.05, 3.63) is 164 Å². The molecule has 0 atom stereocenters. The fraction of sp³-hybridized carbons (Fsp3) is 0. The van der Waals surface area contributed by atoms with E-state index in [2.05, 4.69) is 156 Å². The minimum atomic E-state index is 0.643. The van der Waals surface area contributed by atoms with Crippen LogP contribution in [0.15, 0.2) is 168 Å². The molecule has 0 bridgehead atoms. The molecule has 11 rings (SSSR count). The van der Waals surface area contributed by atoms with Gasteiger partial charge in [-0.3, -0.25) is 4.57 Å². The zero-order valence-electron chi connectivity index (χ0n) is 26.8. The lowest BCUT2D eigenvalue weighted by Gasteiger charge is -2.15. The molecule has 0 saturated carbocycles. The van der Waals surface area contributed by atoms with Crippen LogP contribution in [-0.2, 0) is 0 Å². The van der Waals surface area contributed by atoms with Crippen molar-refractivity contribution < 1.29 is 4.42 Å². The van der Waals surface area contributed by atoms with Gasteiger partial charge >= 0.3 is 0 Å². The normalized spacial score (nSPS) is 12.0. The maximum atomic E-state index is 6.26. The monoisotopic (exact) mass is 637 g/mol. The minimum absolute atomic E-state index is 0.643. The molecule has 0 spiro atoms. The van der Waals surface area contributed by atoms with Crippen LogP contribution in [0.3, 0.4) is 0 Å². The summed E-state index contributed by atoms with van der Waals surface area (Å²) in [5.74, 6) is 0.643. The van der Waals surface area contributed by atoms with Crippen molar-refractivity contribution in [2.24, 2.45) is 0 Å². The summed E-state index contributed by atoms with van der Waals surface area (Å²) in [6.45, 7) is 0. The number of fused-ring (bicyclic) bond motifs is 9. The Labute approximate surface area is 286 Å². The van der Waals surface area contributed by atoms with Crippen molar-refractivity contribution in [1.82, 2.24) is 14.5 Å². The summed E-state index contributed by atoms with van der Waals surface area (Å²) in [7, 11) is 0. The number of rotatable bonds is 3. The molecule has 0 aliphatic carbocycles. The molecule has 0 radical (unpaired) electrons. The number of furan rings is 1. The van der Waals surface area contributed by atoms with E-state index in [1.807, 2.05) is 12.1 Å². The highest BCUT2D eigenvalue weighted by Crippen LogP contribution is 2.44. The number of benzene rings is 8. The molecule has 11 aromatic rings. The zero-order valence-corrected chi connectivity index (χ0v) is 26.8. The number of aromatic nitrogens is 3. The van der Waals surface area contributed by atoms with E-state index < -0.39 is 0 Å². The lowest BCUT2D eigenvalue weighted by molar-refractivity contribution is 0.669. The van der Waals surface area contributed by atoms with Crippen LogP contribution < -0.4 is 0 Å². The van der Waals surface area contributed by atoms with Crippen molar-refractivity contribution in [2.45, 2.75) is 0 Å². The summed E-state index contributed by atoms with van der Waals surface area (Å²) in [6, 6.07) is 57.9. The molecule has 0 amide bonds. The first-order valence-electron chi connectivity index (χ1n) is 16.9. The highest BCUT2D eigenvalue weighted by molar-refractivity contribution is 6.22. The van der Waals surface area contributed by atoms with E-state index in [0.29, 0.717) is 5.95 Å². The first kappa shape index (κ1) is 27.2. The van der Waals surface area contributed by atoms with E-state index in [4.69, 9.17) is 14.4 Å². The third kappa shape index (κ3) is 3.93. The van der Waals surface area contributed by atoms with Crippen molar-refractivity contribution in [2.75, 3.05) is 0 Å². The van der Waals surface area contributed by atoms with Crippen LogP contribution in [0.2, 0.25) is 0 Å². The fourth-order valence-corrected chi connectivity index (χ4v) is 7.89. The molecule has 0 saturated heterocycles. The Kier molecular flexibility index (Phi) is 5.63. The summed E-state index contributed by atoms with van der Waals surface area (Å²) < 4.78 is 8.54. The molecule has 4 heteroatoms. The third-order valence-electron chi connectivity index (χ3n) is 10.2. The largest absolute Gasteiger partial charge is 0.456 e. The van der Waals surface area contributed by atoms with Crippen molar-refractivity contribution in [1.29, 1.82) is 0 Å². The molecule has 4 nitrogen and oxygen atoms in total. The average molecular weight is 638 g/mol. The molecular formula is C46H27N3O. The van der Waals surface area contributed by atoms with Gasteiger partial charge in [-0.25, -0.2) is 9.97 Å². The fourth-order valence-electron chi connectivity index (χ4n) is 7.89. The van der Waals surface area contributed by atoms with Crippen LogP contribution in [0.4, 0.5) is 0 Å². The Morgan fingerprint density at radius 1 is 0.420 bits per heavy atom. The van der Waals surface area contributed by atoms with Crippen molar-refractivity contribution >= 4 is 76.2 Å². The van der Waals surface area contributed by atoms with E-state index in [-0.39, 0.29) is 0 Å². The minimum Gasteiger partial charge on any atom is -0.456 e. The van der Waals surface area contributed by atoms with Crippen LogP contribution in [0.25, 0.3) is 105 Å². The van der Waals surface area contributed by atoms with E-state index in [1.165, 1.54) is 21.5 Å². The number of hydrogen-bond donors (Lipinski definition) is 0. The van der Waals surface area contributed by atoms with Gasteiger partial charge in [0, 0.05) is 38.1 Å². The van der Waals surface area contributed by atoms with E-state index >= 15 is 0 Å². The topological polar surface area (TPSA) is 43.9 Å². The van der Waals surface area contributed by atoms with E-state index in [9.17, 15) is 0 Å². The second-order valence-corrected chi connectivity index (χ2v) is 13.0. The number of nitrogens with zero attached hydrogens (tertiary/aromatic N) is 3. The van der Waals surface area contributed by atoms with Crippen LogP contribution in [-0.4, -0.2) is 14.5 Å². The van der Waals surface area contributed by atoms with Gasteiger partial charge in [-0.1, -0.05) is 121 Å². The Bertz CT molecular complexity index is 3170. The lowest BCUT2D eigenvalue weighted by atomic mass is 9.94. The smallest absolute Gasteiger partial charge is 0.235 e. The second-order valence-electron chi connectivity index (χ2n) is 13.0. The average Bonchev–Trinajstić information content (AvgIpc) is 3.71. The molecule has 0 fully saturated rings. The third-order valence-corrected chi connectivity index (χ3v) is 10.2. The summed E-state index contributed by atoms with van der Waals surface area (Å²) in [5.41, 5.74) is 9.05. The zero-order chi connectivity index (χ0) is 32.8. The van der Waals surface area contributed by atoms with Crippen LogP contribution in [0.5, 0.6) is 0 Å². The summed E-state index contributed by atoms with van der Waals surface area (Å²) in [6.07, 6.45) is 0. The van der Waals surface area contributed by atoms with Gasteiger partial charge in [0.1, 0.15) is 11.2 Å². The highest BCUT2D eigenvalue weighted by Gasteiger charge is 2.22. The predicted octanol–water partition coefficient (Wildman–Crippen LogP) is 12.3.